The Morgan fingerprint density at radius 2 is 2.33 bits per heavy atom. The number of hydrogen-bond donors (Lipinski definition) is 2. The molecule has 0 radical (unpaired) electrons. The van der Waals surface area contributed by atoms with E-state index in [0.717, 1.165) is 0 Å². The molecule has 3 rings (SSSR count). The highest BCUT2D eigenvalue weighted by molar-refractivity contribution is 5.91. The minimum Gasteiger partial charge on any atom is -0.454 e. The third kappa shape index (κ3) is 4.40. The van der Waals surface area contributed by atoms with Crippen LogP contribution in [0.1, 0.15) is 35.6 Å². The average molecular weight is 377 g/mol. The summed E-state index contributed by atoms with van der Waals surface area (Å²) in [5.74, 6) is 0.718. The number of rotatable bonds is 8. The molecule has 0 bridgehead atoms. The van der Waals surface area contributed by atoms with Crippen LogP contribution in [0.25, 0.3) is 0 Å². The van der Waals surface area contributed by atoms with Gasteiger partial charge in [-0.05, 0) is 31.4 Å². The van der Waals surface area contributed by atoms with Crippen LogP contribution in [-0.2, 0) is 11.3 Å². The summed E-state index contributed by atoms with van der Waals surface area (Å²) in [7, 11) is 1.62. The zero-order chi connectivity index (χ0) is 19.3. The normalized spacial score (nSPS) is 22.9. The lowest BCUT2D eigenvalue weighted by Gasteiger charge is -2.45. The summed E-state index contributed by atoms with van der Waals surface area (Å²) in [6.45, 7) is 1.61. The molecule has 8 nitrogen and oxygen atoms in total. The topological polar surface area (TPSA) is 101 Å². The molecule has 1 aliphatic rings. The van der Waals surface area contributed by atoms with Gasteiger partial charge in [0, 0.05) is 44.6 Å². The molecule has 0 aliphatic carbocycles. The molecule has 1 saturated heterocycles. The van der Waals surface area contributed by atoms with Crippen LogP contribution in [0.2, 0.25) is 0 Å². The first kappa shape index (κ1) is 19.6. The van der Waals surface area contributed by atoms with Crippen molar-refractivity contribution in [1.82, 2.24) is 14.5 Å². The number of methoxy groups -OCH3 is 1. The van der Waals surface area contributed by atoms with Gasteiger partial charge in [0.05, 0.1) is 25.6 Å². The van der Waals surface area contributed by atoms with Gasteiger partial charge in [0.25, 0.3) is 5.91 Å². The summed E-state index contributed by atoms with van der Waals surface area (Å²) in [5, 5.41) is 20.4. The summed E-state index contributed by atoms with van der Waals surface area (Å²) < 4.78 is 12.7. The predicted molar refractivity (Wildman–Crippen MR) is 97.2 cm³/mol. The third-order valence-corrected chi connectivity index (χ3v) is 5.28. The van der Waals surface area contributed by atoms with E-state index in [1.807, 2.05) is 10.8 Å². The molecule has 2 aromatic heterocycles. The van der Waals surface area contributed by atoms with E-state index in [1.54, 1.807) is 36.7 Å². The second-order valence-corrected chi connectivity index (χ2v) is 7.15. The Balaban J connectivity index is 1.68. The Morgan fingerprint density at radius 1 is 1.48 bits per heavy atom. The number of aromatic nitrogens is 2. The van der Waals surface area contributed by atoms with Gasteiger partial charge in [0.1, 0.15) is 5.76 Å². The largest absolute Gasteiger partial charge is 0.454 e. The van der Waals surface area contributed by atoms with Gasteiger partial charge in [0.15, 0.2) is 5.76 Å². The van der Waals surface area contributed by atoms with Gasteiger partial charge in [-0.25, -0.2) is 4.98 Å². The molecule has 0 saturated carbocycles. The van der Waals surface area contributed by atoms with E-state index in [9.17, 15) is 15.0 Å². The van der Waals surface area contributed by atoms with E-state index in [1.165, 1.54) is 0 Å². The fourth-order valence-electron chi connectivity index (χ4n) is 3.66. The van der Waals surface area contributed by atoms with E-state index in [4.69, 9.17) is 9.15 Å². The number of carbonyl (C=O) groups excluding carboxylic acids is 1. The molecule has 1 fully saturated rings. The third-order valence-electron chi connectivity index (χ3n) is 5.28. The first-order valence-corrected chi connectivity index (χ1v) is 9.19. The van der Waals surface area contributed by atoms with E-state index < -0.39 is 11.5 Å². The number of amides is 1. The average Bonchev–Trinajstić information content (AvgIpc) is 3.35. The highest BCUT2D eigenvalue weighted by Gasteiger charge is 2.43. The summed E-state index contributed by atoms with van der Waals surface area (Å²) in [5.41, 5.74) is -0.724. The number of ether oxygens (including phenoxy) is 1. The van der Waals surface area contributed by atoms with Crippen LogP contribution in [0.15, 0.2) is 35.3 Å². The van der Waals surface area contributed by atoms with Crippen molar-refractivity contribution in [2.75, 3.05) is 33.4 Å². The second-order valence-electron chi connectivity index (χ2n) is 7.15. The molecule has 8 heteroatoms. The van der Waals surface area contributed by atoms with E-state index in [0.29, 0.717) is 51.3 Å². The lowest BCUT2D eigenvalue weighted by atomic mass is 9.74. The van der Waals surface area contributed by atoms with Crippen molar-refractivity contribution in [3.63, 3.8) is 0 Å². The van der Waals surface area contributed by atoms with Gasteiger partial charge in [-0.1, -0.05) is 0 Å². The number of piperidine rings is 1. The van der Waals surface area contributed by atoms with E-state index in [2.05, 4.69) is 4.98 Å². The molecule has 2 atom stereocenters. The Labute approximate surface area is 158 Å². The Bertz CT molecular complexity index is 730. The van der Waals surface area contributed by atoms with Crippen LogP contribution in [0.3, 0.4) is 0 Å². The molecular weight excluding hydrogens is 350 g/mol. The van der Waals surface area contributed by atoms with Crippen LogP contribution >= 0.6 is 0 Å². The lowest BCUT2D eigenvalue weighted by molar-refractivity contribution is -0.0749. The number of imidazole rings is 1. The number of aliphatic hydroxyl groups excluding tert-OH is 2. The van der Waals surface area contributed by atoms with Crippen molar-refractivity contribution in [2.24, 2.45) is 5.41 Å². The Kier molecular flexibility index (Phi) is 6.30. The van der Waals surface area contributed by atoms with Crippen LogP contribution in [0.5, 0.6) is 0 Å². The quantitative estimate of drug-likeness (QED) is 0.669. The van der Waals surface area contributed by atoms with Crippen molar-refractivity contribution >= 4 is 5.91 Å². The number of furan rings is 1. The number of likely N-dealkylation sites (tertiary alicyclic amines) is 1. The molecule has 27 heavy (non-hydrogen) atoms. The zero-order valence-corrected chi connectivity index (χ0v) is 15.6. The van der Waals surface area contributed by atoms with Gasteiger partial charge in [-0.15, -0.1) is 0 Å². The molecule has 0 unspecified atom stereocenters. The van der Waals surface area contributed by atoms with Crippen molar-refractivity contribution in [2.45, 2.75) is 31.9 Å². The molecular formula is C19H27N3O5. The van der Waals surface area contributed by atoms with Gasteiger partial charge in [-0.2, -0.15) is 0 Å². The van der Waals surface area contributed by atoms with Crippen molar-refractivity contribution < 1.29 is 24.2 Å². The zero-order valence-electron chi connectivity index (χ0n) is 15.6. The predicted octanol–water partition coefficient (Wildman–Crippen LogP) is 1.14. The van der Waals surface area contributed by atoms with Gasteiger partial charge in [0.2, 0.25) is 0 Å². The monoisotopic (exact) mass is 377 g/mol. The van der Waals surface area contributed by atoms with Crippen LogP contribution < -0.4 is 0 Å². The van der Waals surface area contributed by atoms with Crippen molar-refractivity contribution in [3.8, 4) is 0 Å². The molecule has 2 aromatic rings. The molecule has 0 spiro atoms. The number of nitrogens with zero attached hydrogens (tertiary/aromatic N) is 3. The van der Waals surface area contributed by atoms with Gasteiger partial charge >= 0.3 is 0 Å². The number of carbonyl (C=O) groups is 1. The SMILES string of the molecule is COCCC[C@@]1(CO)CN(C(=O)c2ccc(Cn3ccnc3)o2)CC[C@H]1O. The molecule has 1 aliphatic heterocycles. The first-order chi connectivity index (χ1) is 13.1. The maximum atomic E-state index is 12.9. The summed E-state index contributed by atoms with van der Waals surface area (Å²) in [6, 6.07) is 3.45. The van der Waals surface area contributed by atoms with E-state index in [-0.39, 0.29) is 18.3 Å². The molecule has 3 heterocycles. The van der Waals surface area contributed by atoms with Crippen LogP contribution in [0.4, 0.5) is 0 Å². The molecule has 2 N–H and O–H groups in total. The molecule has 1 amide bonds. The standard InChI is InChI=1S/C19H27N3O5/c1-26-10-2-6-19(13-23)12-22(8-5-17(19)24)18(25)16-4-3-15(27-16)11-21-9-7-20-14-21/h3-4,7,9,14,17,23-24H,2,5-6,8,10-13H2,1H3/t17-,19+/m1/s1. The number of hydrogen-bond acceptors (Lipinski definition) is 6. The summed E-state index contributed by atoms with van der Waals surface area (Å²) in [4.78, 5) is 18.5. The minimum absolute atomic E-state index is 0.175. The Morgan fingerprint density at radius 3 is 3.04 bits per heavy atom. The first-order valence-electron chi connectivity index (χ1n) is 9.19. The second kappa shape index (κ2) is 8.69. The van der Waals surface area contributed by atoms with Crippen LogP contribution in [-0.4, -0.2) is 70.1 Å². The highest BCUT2D eigenvalue weighted by atomic mass is 16.5. The highest BCUT2D eigenvalue weighted by Crippen LogP contribution is 2.35. The summed E-state index contributed by atoms with van der Waals surface area (Å²) in [6.07, 6.45) is 6.29. The summed E-state index contributed by atoms with van der Waals surface area (Å²) >= 11 is 0. The van der Waals surface area contributed by atoms with Crippen molar-refractivity contribution in [3.05, 3.63) is 42.4 Å². The molecule has 148 valence electrons. The van der Waals surface area contributed by atoms with Gasteiger partial charge in [-0.3, -0.25) is 4.79 Å². The molecule has 0 aromatic carbocycles. The van der Waals surface area contributed by atoms with Crippen molar-refractivity contribution in [1.29, 1.82) is 0 Å². The Hall–Kier alpha value is -2.16. The fourth-order valence-corrected chi connectivity index (χ4v) is 3.66. The smallest absolute Gasteiger partial charge is 0.289 e. The lowest BCUT2D eigenvalue weighted by Crippen LogP contribution is -2.55. The van der Waals surface area contributed by atoms with Gasteiger partial charge < -0.3 is 28.8 Å². The maximum absolute atomic E-state index is 12.9. The minimum atomic E-state index is -0.724. The maximum Gasteiger partial charge on any atom is 0.289 e. The fraction of sp³-hybridized carbons (Fsp3) is 0.579. The van der Waals surface area contributed by atoms with Crippen LogP contribution in [0, 0.1) is 5.41 Å². The number of aliphatic hydroxyl groups is 2. The van der Waals surface area contributed by atoms with E-state index >= 15 is 0 Å².